The second kappa shape index (κ2) is 4.72. The zero-order chi connectivity index (χ0) is 9.84. The highest BCUT2D eigenvalue weighted by Gasteiger charge is 2.24. The largest absolute Gasteiger partial charge is 0.380 e. The smallest absolute Gasteiger partial charge is 0.149 e. The maximum Gasteiger partial charge on any atom is 0.149 e. The number of hydrogen-bond acceptors (Lipinski definition) is 3. The monoisotopic (exact) mass is 185 g/mol. The quantitative estimate of drug-likeness (QED) is 0.652. The van der Waals surface area contributed by atoms with Crippen LogP contribution in [0, 0.1) is 5.92 Å². The number of nitrogens with zero attached hydrogens (tertiary/aromatic N) is 1. The number of ether oxygens (including phenoxy) is 1. The van der Waals surface area contributed by atoms with Gasteiger partial charge in [0.25, 0.3) is 0 Å². The SMILES string of the molecule is COC1CCN(CC(=O)C(C)C)C1. The molecule has 0 aliphatic carbocycles. The summed E-state index contributed by atoms with van der Waals surface area (Å²) >= 11 is 0. The third-order valence-corrected chi connectivity index (χ3v) is 2.59. The second-order valence-corrected chi connectivity index (χ2v) is 4.00. The van der Waals surface area contributed by atoms with Crippen molar-refractivity contribution in [1.29, 1.82) is 0 Å². The van der Waals surface area contributed by atoms with Gasteiger partial charge in [-0.1, -0.05) is 13.8 Å². The Kier molecular flexibility index (Phi) is 3.88. The molecule has 1 fully saturated rings. The van der Waals surface area contributed by atoms with Crippen LogP contribution >= 0.6 is 0 Å². The van der Waals surface area contributed by atoms with Gasteiger partial charge in [0.15, 0.2) is 0 Å². The van der Waals surface area contributed by atoms with Crippen molar-refractivity contribution in [2.45, 2.75) is 26.4 Å². The highest BCUT2D eigenvalue weighted by Crippen LogP contribution is 2.12. The molecular weight excluding hydrogens is 166 g/mol. The highest BCUT2D eigenvalue weighted by atomic mass is 16.5. The first kappa shape index (κ1) is 10.7. The molecule has 1 saturated heterocycles. The van der Waals surface area contributed by atoms with E-state index in [1.54, 1.807) is 7.11 Å². The molecule has 0 bridgehead atoms. The number of rotatable bonds is 4. The van der Waals surface area contributed by atoms with Crippen LogP contribution in [-0.4, -0.2) is 43.5 Å². The van der Waals surface area contributed by atoms with Crippen LogP contribution in [0.25, 0.3) is 0 Å². The van der Waals surface area contributed by atoms with Crippen molar-refractivity contribution in [1.82, 2.24) is 4.90 Å². The topological polar surface area (TPSA) is 29.5 Å². The summed E-state index contributed by atoms with van der Waals surface area (Å²) < 4.78 is 5.23. The minimum Gasteiger partial charge on any atom is -0.380 e. The Bertz CT molecular complexity index is 180. The number of ketones is 1. The molecule has 3 nitrogen and oxygen atoms in total. The Hall–Kier alpha value is -0.410. The van der Waals surface area contributed by atoms with Gasteiger partial charge in [-0.2, -0.15) is 0 Å². The van der Waals surface area contributed by atoms with E-state index in [0.29, 0.717) is 18.4 Å². The lowest BCUT2D eigenvalue weighted by Gasteiger charge is -2.15. The van der Waals surface area contributed by atoms with E-state index >= 15 is 0 Å². The average molecular weight is 185 g/mol. The van der Waals surface area contributed by atoms with Crippen molar-refractivity contribution < 1.29 is 9.53 Å². The van der Waals surface area contributed by atoms with Crippen LogP contribution in [0.5, 0.6) is 0 Å². The van der Waals surface area contributed by atoms with Gasteiger partial charge in [0.1, 0.15) is 5.78 Å². The molecule has 0 saturated carbocycles. The molecule has 13 heavy (non-hydrogen) atoms. The molecule has 1 heterocycles. The Morgan fingerprint density at radius 2 is 2.31 bits per heavy atom. The molecule has 3 heteroatoms. The van der Waals surface area contributed by atoms with Gasteiger partial charge in [0.05, 0.1) is 12.6 Å². The predicted molar refractivity (Wildman–Crippen MR) is 51.7 cm³/mol. The summed E-state index contributed by atoms with van der Waals surface area (Å²) in [5.74, 6) is 0.485. The lowest BCUT2D eigenvalue weighted by atomic mass is 10.1. The number of methoxy groups -OCH3 is 1. The Morgan fingerprint density at radius 1 is 1.62 bits per heavy atom. The van der Waals surface area contributed by atoms with Gasteiger partial charge < -0.3 is 4.74 Å². The van der Waals surface area contributed by atoms with Gasteiger partial charge in [0, 0.05) is 26.1 Å². The summed E-state index contributed by atoms with van der Waals surface area (Å²) in [6.07, 6.45) is 1.39. The molecule has 0 aromatic carbocycles. The van der Waals surface area contributed by atoms with Crippen LogP contribution in [-0.2, 0) is 9.53 Å². The lowest BCUT2D eigenvalue weighted by Crippen LogP contribution is -2.31. The number of carbonyl (C=O) groups is 1. The number of carbonyl (C=O) groups excluding carboxylic acids is 1. The van der Waals surface area contributed by atoms with Gasteiger partial charge in [0.2, 0.25) is 0 Å². The lowest BCUT2D eigenvalue weighted by molar-refractivity contribution is -0.122. The fourth-order valence-corrected chi connectivity index (χ4v) is 1.54. The molecule has 1 atom stereocenters. The molecule has 76 valence electrons. The Balaban J connectivity index is 2.28. The van der Waals surface area contributed by atoms with Crippen LogP contribution in [0.1, 0.15) is 20.3 Å². The zero-order valence-corrected chi connectivity index (χ0v) is 8.75. The van der Waals surface area contributed by atoms with Crippen molar-refractivity contribution in [2.24, 2.45) is 5.92 Å². The first-order valence-electron chi connectivity index (χ1n) is 4.91. The zero-order valence-electron chi connectivity index (χ0n) is 8.75. The van der Waals surface area contributed by atoms with E-state index in [1.807, 2.05) is 13.8 Å². The van der Waals surface area contributed by atoms with Crippen LogP contribution < -0.4 is 0 Å². The number of hydrogen-bond donors (Lipinski definition) is 0. The summed E-state index contributed by atoms with van der Waals surface area (Å²) in [6.45, 7) is 6.40. The van der Waals surface area contributed by atoms with Crippen molar-refractivity contribution in [3.05, 3.63) is 0 Å². The standard InChI is InChI=1S/C10H19NO2/c1-8(2)10(12)7-11-5-4-9(6-11)13-3/h8-9H,4-7H2,1-3H3. The molecular formula is C10H19NO2. The summed E-state index contributed by atoms with van der Waals surface area (Å²) in [7, 11) is 1.73. The minimum atomic E-state index is 0.154. The van der Waals surface area contributed by atoms with Crippen molar-refractivity contribution in [3.8, 4) is 0 Å². The number of likely N-dealkylation sites (tertiary alicyclic amines) is 1. The predicted octanol–water partition coefficient (Wildman–Crippen LogP) is 0.932. The van der Waals surface area contributed by atoms with E-state index in [0.717, 1.165) is 19.5 Å². The summed E-state index contributed by atoms with van der Waals surface area (Å²) in [4.78, 5) is 13.6. The van der Waals surface area contributed by atoms with E-state index in [2.05, 4.69) is 4.90 Å². The molecule has 1 unspecified atom stereocenters. The summed E-state index contributed by atoms with van der Waals surface area (Å²) in [5, 5.41) is 0. The molecule has 0 aromatic rings. The van der Waals surface area contributed by atoms with Crippen molar-refractivity contribution in [2.75, 3.05) is 26.7 Å². The van der Waals surface area contributed by atoms with Gasteiger partial charge in [-0.3, -0.25) is 9.69 Å². The normalized spacial score (nSPS) is 24.2. The molecule has 0 radical (unpaired) electrons. The summed E-state index contributed by atoms with van der Waals surface area (Å²) in [5.41, 5.74) is 0. The molecule has 1 rings (SSSR count). The molecule has 0 spiro atoms. The molecule has 0 amide bonds. The van der Waals surface area contributed by atoms with Crippen LogP contribution in [0.2, 0.25) is 0 Å². The van der Waals surface area contributed by atoms with Gasteiger partial charge in [-0.15, -0.1) is 0 Å². The van der Waals surface area contributed by atoms with Crippen LogP contribution in [0.15, 0.2) is 0 Å². The Labute approximate surface area is 80.1 Å². The molecule has 0 N–H and O–H groups in total. The third-order valence-electron chi connectivity index (χ3n) is 2.59. The first-order chi connectivity index (χ1) is 6.13. The Morgan fingerprint density at radius 3 is 2.77 bits per heavy atom. The van der Waals surface area contributed by atoms with Gasteiger partial charge >= 0.3 is 0 Å². The molecule has 0 aromatic heterocycles. The minimum absolute atomic E-state index is 0.154. The fraction of sp³-hybridized carbons (Fsp3) is 0.900. The maximum atomic E-state index is 11.4. The van der Waals surface area contributed by atoms with Crippen molar-refractivity contribution >= 4 is 5.78 Å². The average Bonchev–Trinajstić information content (AvgIpc) is 2.52. The van der Waals surface area contributed by atoms with Crippen LogP contribution in [0.3, 0.4) is 0 Å². The first-order valence-corrected chi connectivity index (χ1v) is 4.91. The second-order valence-electron chi connectivity index (χ2n) is 4.00. The van der Waals surface area contributed by atoms with E-state index in [1.165, 1.54) is 0 Å². The van der Waals surface area contributed by atoms with Gasteiger partial charge in [-0.05, 0) is 6.42 Å². The number of Topliss-reactive ketones (excluding diaryl/α,β-unsaturated/α-hetero) is 1. The highest BCUT2D eigenvalue weighted by molar-refractivity contribution is 5.82. The maximum absolute atomic E-state index is 11.4. The molecule has 1 aliphatic rings. The van der Waals surface area contributed by atoms with Crippen molar-refractivity contribution in [3.63, 3.8) is 0 Å². The van der Waals surface area contributed by atoms with Crippen LogP contribution in [0.4, 0.5) is 0 Å². The third kappa shape index (κ3) is 3.08. The fourth-order valence-electron chi connectivity index (χ4n) is 1.54. The van der Waals surface area contributed by atoms with E-state index in [9.17, 15) is 4.79 Å². The van der Waals surface area contributed by atoms with E-state index in [-0.39, 0.29) is 5.92 Å². The summed E-state index contributed by atoms with van der Waals surface area (Å²) in [6, 6.07) is 0. The van der Waals surface area contributed by atoms with E-state index < -0.39 is 0 Å². The molecule has 1 aliphatic heterocycles. The van der Waals surface area contributed by atoms with E-state index in [4.69, 9.17) is 4.74 Å². The van der Waals surface area contributed by atoms with Gasteiger partial charge in [-0.25, -0.2) is 0 Å².